The first-order valence-corrected chi connectivity index (χ1v) is 6.20. The maximum absolute atomic E-state index is 4.17. The van der Waals surface area contributed by atoms with Crippen molar-refractivity contribution in [1.82, 2.24) is 4.98 Å². The van der Waals surface area contributed by atoms with Crippen LogP contribution in [0.15, 0.2) is 47.1 Å². The number of halogens is 1. The fourth-order valence-corrected chi connectivity index (χ4v) is 1.94. The minimum Gasteiger partial charge on any atom is -0.381 e. The fourth-order valence-electron chi connectivity index (χ4n) is 1.52. The standard InChI is InChI=1S/C13H14BrN3/c1-15-13-8-11(6-7-16-13)17-9-10-4-2-3-5-12(10)14/h2-8H,9H2,1H3,(H2,15,16,17). The summed E-state index contributed by atoms with van der Waals surface area (Å²) in [5.41, 5.74) is 2.29. The number of aromatic nitrogens is 1. The zero-order valence-corrected chi connectivity index (χ0v) is 11.2. The number of hydrogen-bond acceptors (Lipinski definition) is 3. The van der Waals surface area contributed by atoms with E-state index in [1.54, 1.807) is 6.20 Å². The summed E-state index contributed by atoms with van der Waals surface area (Å²) in [6.45, 7) is 0.786. The molecule has 0 saturated heterocycles. The Hall–Kier alpha value is -1.55. The first-order valence-electron chi connectivity index (χ1n) is 5.40. The summed E-state index contributed by atoms with van der Waals surface area (Å²) < 4.78 is 1.12. The lowest BCUT2D eigenvalue weighted by atomic mass is 10.2. The van der Waals surface area contributed by atoms with Crippen molar-refractivity contribution in [3.05, 3.63) is 52.6 Å². The fraction of sp³-hybridized carbons (Fsp3) is 0.154. The summed E-state index contributed by atoms with van der Waals surface area (Å²) in [5, 5.41) is 6.38. The minimum atomic E-state index is 0.786. The third-order valence-corrected chi connectivity index (χ3v) is 3.23. The molecule has 0 amide bonds. The Labute approximate surface area is 109 Å². The molecule has 0 fully saturated rings. The van der Waals surface area contributed by atoms with E-state index in [4.69, 9.17) is 0 Å². The molecule has 0 unspecified atom stereocenters. The van der Waals surface area contributed by atoms with Gasteiger partial charge in [-0.1, -0.05) is 34.1 Å². The van der Waals surface area contributed by atoms with E-state index in [-0.39, 0.29) is 0 Å². The van der Waals surface area contributed by atoms with Gasteiger partial charge in [-0.3, -0.25) is 0 Å². The van der Waals surface area contributed by atoms with Crippen LogP contribution in [-0.2, 0) is 6.54 Å². The van der Waals surface area contributed by atoms with Crippen LogP contribution in [-0.4, -0.2) is 12.0 Å². The highest BCUT2D eigenvalue weighted by Gasteiger charge is 1.99. The second-order valence-corrected chi connectivity index (χ2v) is 4.48. The lowest BCUT2D eigenvalue weighted by molar-refractivity contribution is 1.13. The molecule has 0 bridgehead atoms. The van der Waals surface area contributed by atoms with Crippen LogP contribution in [0.25, 0.3) is 0 Å². The van der Waals surface area contributed by atoms with Gasteiger partial charge in [-0.25, -0.2) is 4.98 Å². The SMILES string of the molecule is CNc1cc(NCc2ccccc2Br)ccn1. The molecule has 1 heterocycles. The van der Waals surface area contributed by atoms with Crippen molar-refractivity contribution >= 4 is 27.4 Å². The van der Waals surface area contributed by atoms with E-state index in [0.29, 0.717) is 0 Å². The van der Waals surface area contributed by atoms with Gasteiger partial charge in [-0.15, -0.1) is 0 Å². The van der Waals surface area contributed by atoms with E-state index in [9.17, 15) is 0 Å². The quantitative estimate of drug-likeness (QED) is 0.905. The second kappa shape index (κ2) is 5.68. The summed E-state index contributed by atoms with van der Waals surface area (Å²) in [5.74, 6) is 0.863. The number of hydrogen-bond donors (Lipinski definition) is 2. The van der Waals surface area contributed by atoms with Crippen molar-refractivity contribution in [1.29, 1.82) is 0 Å². The lowest BCUT2D eigenvalue weighted by Gasteiger charge is -2.09. The highest BCUT2D eigenvalue weighted by Crippen LogP contribution is 2.18. The van der Waals surface area contributed by atoms with E-state index < -0.39 is 0 Å². The van der Waals surface area contributed by atoms with Crippen LogP contribution < -0.4 is 10.6 Å². The van der Waals surface area contributed by atoms with Gasteiger partial charge in [0.15, 0.2) is 0 Å². The molecule has 0 spiro atoms. The van der Waals surface area contributed by atoms with Gasteiger partial charge in [-0.05, 0) is 17.7 Å². The predicted molar refractivity (Wildman–Crippen MR) is 75.3 cm³/mol. The average Bonchev–Trinajstić information content (AvgIpc) is 2.38. The normalized spacial score (nSPS) is 10.0. The van der Waals surface area contributed by atoms with Gasteiger partial charge in [-0.2, -0.15) is 0 Å². The van der Waals surface area contributed by atoms with Crippen molar-refractivity contribution in [3.8, 4) is 0 Å². The molecule has 4 heteroatoms. The second-order valence-electron chi connectivity index (χ2n) is 3.62. The predicted octanol–water partition coefficient (Wildman–Crippen LogP) is 3.50. The van der Waals surface area contributed by atoms with Gasteiger partial charge in [0.05, 0.1) is 0 Å². The van der Waals surface area contributed by atoms with Gasteiger partial charge >= 0.3 is 0 Å². The van der Waals surface area contributed by atoms with Gasteiger partial charge in [0, 0.05) is 36.0 Å². The molecular formula is C13H14BrN3. The van der Waals surface area contributed by atoms with Crippen molar-refractivity contribution in [3.63, 3.8) is 0 Å². The Kier molecular flexibility index (Phi) is 3.98. The summed E-state index contributed by atoms with van der Waals surface area (Å²) in [4.78, 5) is 4.17. The molecule has 2 N–H and O–H groups in total. The smallest absolute Gasteiger partial charge is 0.127 e. The molecular weight excluding hydrogens is 278 g/mol. The van der Waals surface area contributed by atoms with Gasteiger partial charge in [0.25, 0.3) is 0 Å². The zero-order chi connectivity index (χ0) is 12.1. The average molecular weight is 292 g/mol. The Morgan fingerprint density at radius 3 is 2.82 bits per heavy atom. The number of nitrogens with zero attached hydrogens (tertiary/aromatic N) is 1. The summed E-state index contributed by atoms with van der Waals surface area (Å²) in [6, 6.07) is 12.1. The van der Waals surface area contributed by atoms with Crippen LogP contribution in [0.5, 0.6) is 0 Å². The molecule has 0 radical (unpaired) electrons. The molecule has 1 aromatic heterocycles. The third-order valence-electron chi connectivity index (χ3n) is 2.46. The van der Waals surface area contributed by atoms with Gasteiger partial charge < -0.3 is 10.6 Å². The van der Waals surface area contributed by atoms with Crippen LogP contribution in [0, 0.1) is 0 Å². The van der Waals surface area contributed by atoms with Crippen molar-refractivity contribution in [2.45, 2.75) is 6.54 Å². The first kappa shape index (κ1) is 11.9. The molecule has 0 aliphatic rings. The minimum absolute atomic E-state index is 0.786. The molecule has 0 aliphatic heterocycles. The van der Waals surface area contributed by atoms with Crippen LogP contribution in [0.2, 0.25) is 0 Å². The van der Waals surface area contributed by atoms with Gasteiger partial charge in [0.1, 0.15) is 5.82 Å². The van der Waals surface area contributed by atoms with E-state index in [1.165, 1.54) is 5.56 Å². The molecule has 0 atom stereocenters. The van der Waals surface area contributed by atoms with Crippen LogP contribution in [0.3, 0.4) is 0 Å². The highest BCUT2D eigenvalue weighted by atomic mass is 79.9. The third kappa shape index (κ3) is 3.20. The number of benzene rings is 1. The largest absolute Gasteiger partial charge is 0.381 e. The number of rotatable bonds is 4. The maximum Gasteiger partial charge on any atom is 0.127 e. The number of anilines is 2. The number of nitrogens with one attached hydrogen (secondary N) is 2. The Balaban J connectivity index is 2.05. The van der Waals surface area contributed by atoms with Crippen molar-refractivity contribution in [2.24, 2.45) is 0 Å². The zero-order valence-electron chi connectivity index (χ0n) is 9.57. The van der Waals surface area contributed by atoms with Crippen molar-refractivity contribution < 1.29 is 0 Å². The Bertz CT molecular complexity index is 500. The summed E-state index contributed by atoms with van der Waals surface area (Å²) in [7, 11) is 1.86. The molecule has 0 aliphatic carbocycles. The number of pyridine rings is 1. The maximum atomic E-state index is 4.17. The summed E-state index contributed by atoms with van der Waals surface area (Å²) >= 11 is 3.53. The monoisotopic (exact) mass is 291 g/mol. The van der Waals surface area contributed by atoms with E-state index in [2.05, 4.69) is 37.6 Å². The first-order chi connectivity index (χ1) is 8.29. The van der Waals surface area contributed by atoms with Crippen LogP contribution >= 0.6 is 15.9 Å². The van der Waals surface area contributed by atoms with E-state index in [1.807, 2.05) is 37.4 Å². The van der Waals surface area contributed by atoms with E-state index in [0.717, 1.165) is 22.5 Å². The molecule has 0 saturated carbocycles. The van der Waals surface area contributed by atoms with Crippen molar-refractivity contribution in [2.75, 3.05) is 17.7 Å². The molecule has 2 aromatic rings. The van der Waals surface area contributed by atoms with Crippen LogP contribution in [0.4, 0.5) is 11.5 Å². The Morgan fingerprint density at radius 2 is 2.06 bits per heavy atom. The topological polar surface area (TPSA) is 37.0 Å². The van der Waals surface area contributed by atoms with Gasteiger partial charge in [0.2, 0.25) is 0 Å². The lowest BCUT2D eigenvalue weighted by Crippen LogP contribution is -2.01. The highest BCUT2D eigenvalue weighted by molar-refractivity contribution is 9.10. The summed E-state index contributed by atoms with van der Waals surface area (Å²) in [6.07, 6.45) is 1.79. The molecule has 3 nitrogen and oxygen atoms in total. The van der Waals surface area contributed by atoms with Crippen LogP contribution in [0.1, 0.15) is 5.56 Å². The molecule has 17 heavy (non-hydrogen) atoms. The molecule has 88 valence electrons. The Morgan fingerprint density at radius 1 is 1.24 bits per heavy atom. The molecule has 1 aromatic carbocycles. The molecule has 2 rings (SSSR count). The van der Waals surface area contributed by atoms with E-state index >= 15 is 0 Å².